The van der Waals surface area contributed by atoms with Gasteiger partial charge in [0.2, 0.25) is 10.0 Å². The molecule has 0 aliphatic heterocycles. The molecule has 0 bridgehead atoms. The minimum atomic E-state index is -4.20. The second-order valence-electron chi connectivity index (χ2n) is 10.7. The summed E-state index contributed by atoms with van der Waals surface area (Å²) < 4.78 is 40.5. The molecule has 0 radical (unpaired) electrons. The van der Waals surface area contributed by atoms with Gasteiger partial charge in [-0.15, -0.1) is 11.3 Å². The monoisotopic (exact) mass is 601 g/mol. The van der Waals surface area contributed by atoms with Gasteiger partial charge in [-0.05, 0) is 91.5 Å². The minimum absolute atomic E-state index is 0.0131. The van der Waals surface area contributed by atoms with Gasteiger partial charge in [-0.2, -0.15) is 0 Å². The number of halogens is 1. The largest absolute Gasteiger partial charge is 0.476 e. The molecular formula is C32H28FN3O4S2. The summed E-state index contributed by atoms with van der Waals surface area (Å²) in [4.78, 5) is 15.5. The maximum atomic E-state index is 14.9. The van der Waals surface area contributed by atoms with E-state index in [4.69, 9.17) is 5.14 Å². The number of carboxylic acid groups (broad SMARTS) is 1. The number of allylic oxidation sites excluding steroid dienone is 2. The molecule has 4 aromatic rings. The van der Waals surface area contributed by atoms with E-state index < -0.39 is 26.7 Å². The lowest BCUT2D eigenvalue weighted by atomic mass is 10.1. The molecule has 0 amide bonds. The number of hydrogen-bond donors (Lipinski definition) is 2. The van der Waals surface area contributed by atoms with Crippen LogP contribution in [0.15, 0.2) is 70.5 Å². The third kappa shape index (κ3) is 6.09. The smallest absolute Gasteiger partial charge is 0.355 e. The fourth-order valence-electron chi connectivity index (χ4n) is 5.25. The maximum absolute atomic E-state index is 14.9. The van der Waals surface area contributed by atoms with Crippen LogP contribution in [0.4, 0.5) is 4.39 Å². The SMILES string of the molecule is NS(=O)(=O)c1ccc(Cn2c(-c3cccc(C#CC4=CCCC4)c3)cc(-c3nc(C(=O)O)cs3)c2CC2CC2)cc1F. The molecule has 42 heavy (non-hydrogen) atoms. The standard InChI is InChI=1S/C32H28FN3O4S2/c33-26-15-23(12-13-30(26)42(34,39)40)18-36-28(24-7-3-6-21(14-24)9-8-20-4-1-2-5-20)17-25(29(36)16-22-10-11-22)31-35-27(19-41-31)32(37)38/h3-4,6-7,12-15,17,19,22H,1-2,5,10-11,16,18H2,(H,37,38)(H2,34,39,40). The van der Waals surface area contributed by atoms with Gasteiger partial charge in [-0.25, -0.2) is 27.7 Å². The van der Waals surface area contributed by atoms with Crippen molar-refractivity contribution in [2.75, 3.05) is 0 Å². The van der Waals surface area contributed by atoms with Gasteiger partial charge in [0.1, 0.15) is 15.7 Å². The second kappa shape index (κ2) is 11.3. The number of rotatable bonds is 8. The van der Waals surface area contributed by atoms with Crippen molar-refractivity contribution in [3.05, 3.63) is 93.9 Å². The summed E-state index contributed by atoms with van der Waals surface area (Å²) in [5.74, 6) is 5.06. The van der Waals surface area contributed by atoms with Crippen molar-refractivity contribution in [1.82, 2.24) is 9.55 Å². The van der Waals surface area contributed by atoms with Gasteiger partial charge in [0, 0.05) is 34.4 Å². The van der Waals surface area contributed by atoms with Crippen LogP contribution in [0, 0.1) is 23.6 Å². The van der Waals surface area contributed by atoms with Crippen molar-refractivity contribution in [3.8, 4) is 33.7 Å². The fourth-order valence-corrected chi connectivity index (χ4v) is 6.67. The van der Waals surface area contributed by atoms with Crippen molar-refractivity contribution in [2.24, 2.45) is 11.1 Å². The fraction of sp³-hybridized carbons (Fsp3) is 0.250. The molecule has 2 heterocycles. The van der Waals surface area contributed by atoms with E-state index in [9.17, 15) is 22.7 Å². The van der Waals surface area contributed by atoms with Gasteiger partial charge in [-0.1, -0.05) is 36.1 Å². The van der Waals surface area contributed by atoms with Crippen molar-refractivity contribution >= 4 is 27.3 Å². The molecule has 3 N–H and O–H groups in total. The Morgan fingerprint density at radius 2 is 2.00 bits per heavy atom. The van der Waals surface area contributed by atoms with E-state index in [1.165, 1.54) is 28.8 Å². The Morgan fingerprint density at radius 1 is 1.17 bits per heavy atom. The van der Waals surface area contributed by atoms with Crippen LogP contribution < -0.4 is 5.14 Å². The number of sulfonamides is 1. The molecule has 1 fully saturated rings. The van der Waals surface area contributed by atoms with Crippen molar-refractivity contribution < 1.29 is 22.7 Å². The Labute approximate surface area is 247 Å². The number of aromatic nitrogens is 2. The Kier molecular flexibility index (Phi) is 7.58. The molecule has 2 aromatic heterocycles. The highest BCUT2D eigenvalue weighted by Gasteiger charge is 2.28. The predicted molar refractivity (Wildman–Crippen MR) is 160 cm³/mol. The Morgan fingerprint density at radius 3 is 2.67 bits per heavy atom. The van der Waals surface area contributed by atoms with Crippen LogP contribution in [0.25, 0.3) is 21.8 Å². The zero-order valence-electron chi connectivity index (χ0n) is 22.6. The number of hydrogen-bond acceptors (Lipinski definition) is 5. The van der Waals surface area contributed by atoms with E-state index in [0.29, 0.717) is 16.5 Å². The number of thiazole rings is 1. The first-order valence-electron chi connectivity index (χ1n) is 13.7. The highest BCUT2D eigenvalue weighted by Crippen LogP contribution is 2.41. The lowest BCUT2D eigenvalue weighted by Gasteiger charge is -2.16. The summed E-state index contributed by atoms with van der Waals surface area (Å²) in [6, 6.07) is 13.9. The number of carboxylic acids is 1. The molecule has 2 aliphatic rings. The van der Waals surface area contributed by atoms with E-state index in [-0.39, 0.29) is 12.2 Å². The average Bonchev–Trinajstić information content (AvgIpc) is 3.30. The Balaban J connectivity index is 1.49. The molecule has 2 aromatic carbocycles. The van der Waals surface area contributed by atoms with Crippen LogP contribution in [0.2, 0.25) is 0 Å². The molecule has 0 unspecified atom stereocenters. The average molecular weight is 602 g/mol. The van der Waals surface area contributed by atoms with E-state index in [1.807, 2.05) is 30.3 Å². The topological polar surface area (TPSA) is 115 Å². The van der Waals surface area contributed by atoms with Gasteiger partial charge >= 0.3 is 5.97 Å². The summed E-state index contributed by atoms with van der Waals surface area (Å²) >= 11 is 1.27. The van der Waals surface area contributed by atoms with Crippen LogP contribution in [0.3, 0.4) is 0 Å². The number of aromatic carboxylic acids is 1. The summed E-state index contributed by atoms with van der Waals surface area (Å²) in [6.45, 7) is 0.263. The quantitative estimate of drug-likeness (QED) is 0.233. The number of carbonyl (C=O) groups is 1. The Hall–Kier alpha value is -4.04. The van der Waals surface area contributed by atoms with Gasteiger partial charge in [0.25, 0.3) is 0 Å². The Bertz CT molecular complexity index is 1910. The lowest BCUT2D eigenvalue weighted by Crippen LogP contribution is -2.14. The lowest BCUT2D eigenvalue weighted by molar-refractivity contribution is 0.0691. The third-order valence-electron chi connectivity index (χ3n) is 7.55. The highest BCUT2D eigenvalue weighted by atomic mass is 32.2. The van der Waals surface area contributed by atoms with Crippen LogP contribution in [0.5, 0.6) is 0 Å². The first-order chi connectivity index (χ1) is 20.2. The minimum Gasteiger partial charge on any atom is -0.476 e. The zero-order valence-corrected chi connectivity index (χ0v) is 24.3. The van der Waals surface area contributed by atoms with E-state index in [2.05, 4.69) is 27.5 Å². The zero-order chi connectivity index (χ0) is 29.4. The molecule has 0 saturated heterocycles. The molecule has 7 nitrogen and oxygen atoms in total. The van der Waals surface area contributed by atoms with Crippen LogP contribution in [0.1, 0.15) is 59.4 Å². The number of primary sulfonamides is 1. The van der Waals surface area contributed by atoms with E-state index >= 15 is 0 Å². The highest BCUT2D eigenvalue weighted by molar-refractivity contribution is 7.89. The molecule has 0 atom stereocenters. The summed E-state index contributed by atoms with van der Waals surface area (Å²) in [5, 5.41) is 16.8. The number of nitrogens with two attached hydrogens (primary N) is 1. The van der Waals surface area contributed by atoms with Gasteiger partial charge in [0.15, 0.2) is 5.69 Å². The molecule has 6 rings (SSSR count). The maximum Gasteiger partial charge on any atom is 0.355 e. The van der Waals surface area contributed by atoms with Gasteiger partial charge in [0.05, 0.1) is 0 Å². The summed E-state index contributed by atoms with van der Waals surface area (Å²) in [6.07, 6.45) is 8.30. The first kappa shape index (κ1) is 28.1. The predicted octanol–water partition coefficient (Wildman–Crippen LogP) is 6.23. The third-order valence-corrected chi connectivity index (χ3v) is 9.37. The number of benzene rings is 2. The second-order valence-corrected chi connectivity index (χ2v) is 13.1. The van der Waals surface area contributed by atoms with E-state index in [1.54, 1.807) is 6.07 Å². The molecule has 10 heteroatoms. The number of nitrogens with zero attached hydrogens (tertiary/aromatic N) is 2. The molecule has 0 spiro atoms. The normalized spacial score (nSPS) is 14.9. The van der Waals surface area contributed by atoms with E-state index in [0.717, 1.165) is 72.2 Å². The summed E-state index contributed by atoms with van der Waals surface area (Å²) in [5.41, 5.74) is 6.14. The van der Waals surface area contributed by atoms with Crippen molar-refractivity contribution in [1.29, 1.82) is 0 Å². The van der Waals surface area contributed by atoms with Crippen LogP contribution in [-0.2, 0) is 23.0 Å². The van der Waals surface area contributed by atoms with Gasteiger partial charge < -0.3 is 9.67 Å². The summed E-state index contributed by atoms with van der Waals surface area (Å²) in [7, 11) is -4.20. The molecular weight excluding hydrogens is 574 g/mol. The van der Waals surface area contributed by atoms with Crippen molar-refractivity contribution in [3.63, 3.8) is 0 Å². The molecule has 214 valence electrons. The van der Waals surface area contributed by atoms with Crippen LogP contribution >= 0.6 is 11.3 Å². The van der Waals surface area contributed by atoms with Crippen molar-refractivity contribution in [2.45, 2.75) is 50.0 Å². The van der Waals surface area contributed by atoms with Crippen LogP contribution in [-0.4, -0.2) is 29.0 Å². The molecule has 2 aliphatic carbocycles. The first-order valence-corrected chi connectivity index (χ1v) is 16.1. The molecule has 1 saturated carbocycles. The van der Waals surface area contributed by atoms with Gasteiger partial charge in [-0.3, -0.25) is 0 Å².